The van der Waals surface area contributed by atoms with E-state index in [9.17, 15) is 0 Å². The fourth-order valence-electron chi connectivity index (χ4n) is 4.13. The van der Waals surface area contributed by atoms with Crippen LogP contribution in [0.5, 0.6) is 11.5 Å². The average molecular weight is 383 g/mol. The molecule has 0 bridgehead atoms. The van der Waals surface area contributed by atoms with Gasteiger partial charge >= 0.3 is 0 Å². The minimum absolute atomic E-state index is 0.123. The molecule has 0 aliphatic carbocycles. The molecule has 4 rings (SSSR count). The van der Waals surface area contributed by atoms with E-state index in [1.807, 2.05) is 12.3 Å². The third kappa shape index (κ3) is 4.08. The first-order chi connectivity index (χ1) is 13.8. The zero-order valence-electron chi connectivity index (χ0n) is 16.8. The van der Waals surface area contributed by atoms with Crippen LogP contribution in [0.4, 0.5) is 5.82 Å². The lowest BCUT2D eigenvalue weighted by atomic mass is 9.94. The Bertz CT molecular complexity index is 776. The van der Waals surface area contributed by atoms with Gasteiger partial charge in [-0.25, -0.2) is 4.98 Å². The number of ether oxygens (including phenoxy) is 3. The van der Waals surface area contributed by atoms with Crippen molar-refractivity contribution in [1.29, 1.82) is 0 Å². The first kappa shape index (κ1) is 19.0. The molecule has 28 heavy (non-hydrogen) atoms. The Labute approximate surface area is 167 Å². The van der Waals surface area contributed by atoms with Gasteiger partial charge in [-0.1, -0.05) is 6.07 Å². The van der Waals surface area contributed by atoms with Crippen LogP contribution in [0.3, 0.4) is 0 Å². The lowest BCUT2D eigenvalue weighted by Crippen LogP contribution is -2.47. The fourth-order valence-corrected chi connectivity index (χ4v) is 4.13. The van der Waals surface area contributed by atoms with Crippen molar-refractivity contribution in [1.82, 2.24) is 9.88 Å². The molecule has 2 aliphatic rings. The Morgan fingerprint density at radius 2 is 1.86 bits per heavy atom. The van der Waals surface area contributed by atoms with E-state index in [2.05, 4.69) is 39.0 Å². The third-order valence-corrected chi connectivity index (χ3v) is 5.74. The molecule has 6 heteroatoms. The van der Waals surface area contributed by atoms with Gasteiger partial charge in [0.05, 0.1) is 26.9 Å². The number of fused-ring (bicyclic) bond motifs is 1. The van der Waals surface area contributed by atoms with Gasteiger partial charge in [-0.15, -0.1) is 0 Å². The molecule has 1 aromatic carbocycles. The topological polar surface area (TPSA) is 47.1 Å². The number of hydrogen-bond donors (Lipinski definition) is 0. The molecule has 1 fully saturated rings. The van der Waals surface area contributed by atoms with Crippen molar-refractivity contribution in [3.8, 4) is 11.5 Å². The van der Waals surface area contributed by atoms with E-state index in [1.165, 1.54) is 11.1 Å². The molecule has 0 saturated carbocycles. The summed E-state index contributed by atoms with van der Waals surface area (Å²) in [5.41, 5.74) is 2.56. The Kier molecular flexibility index (Phi) is 5.98. The monoisotopic (exact) mass is 383 g/mol. The van der Waals surface area contributed by atoms with Crippen molar-refractivity contribution < 1.29 is 14.2 Å². The van der Waals surface area contributed by atoms with E-state index in [1.54, 1.807) is 14.2 Å². The van der Waals surface area contributed by atoms with Gasteiger partial charge in [0.15, 0.2) is 11.5 Å². The summed E-state index contributed by atoms with van der Waals surface area (Å²) in [7, 11) is 3.37. The highest BCUT2D eigenvalue weighted by atomic mass is 16.5. The van der Waals surface area contributed by atoms with E-state index in [-0.39, 0.29) is 6.10 Å². The number of methoxy groups -OCH3 is 2. The molecule has 0 radical (unpaired) electrons. The highest BCUT2D eigenvalue weighted by Gasteiger charge is 2.25. The first-order valence-corrected chi connectivity index (χ1v) is 10.0. The molecule has 0 spiro atoms. The van der Waals surface area contributed by atoms with E-state index in [0.29, 0.717) is 0 Å². The predicted octanol–water partition coefficient (Wildman–Crippen LogP) is 2.92. The molecule has 1 unspecified atom stereocenters. The van der Waals surface area contributed by atoms with Gasteiger partial charge in [-0.3, -0.25) is 4.90 Å². The molecule has 2 aliphatic heterocycles. The van der Waals surface area contributed by atoms with E-state index in [0.717, 1.165) is 69.5 Å². The zero-order chi connectivity index (χ0) is 19.3. The van der Waals surface area contributed by atoms with Crippen LogP contribution < -0.4 is 14.4 Å². The van der Waals surface area contributed by atoms with Gasteiger partial charge in [-0.2, -0.15) is 0 Å². The normalized spacial score (nSPS) is 19.9. The summed E-state index contributed by atoms with van der Waals surface area (Å²) in [6.45, 7) is 5.95. The molecular formula is C22H29N3O3. The fraction of sp³-hybridized carbons (Fsp3) is 0.500. The first-order valence-electron chi connectivity index (χ1n) is 10.0. The number of rotatable bonds is 6. The maximum Gasteiger partial charge on any atom is 0.161 e. The summed E-state index contributed by atoms with van der Waals surface area (Å²) in [6, 6.07) is 10.3. The predicted molar refractivity (Wildman–Crippen MR) is 109 cm³/mol. The number of anilines is 1. The van der Waals surface area contributed by atoms with Crippen LogP contribution in [0, 0.1) is 0 Å². The molecule has 1 aromatic heterocycles. The molecule has 2 aromatic rings. The largest absolute Gasteiger partial charge is 0.493 e. The summed E-state index contributed by atoms with van der Waals surface area (Å²) in [6.07, 6.45) is 3.90. The van der Waals surface area contributed by atoms with Crippen LogP contribution in [0.25, 0.3) is 0 Å². The van der Waals surface area contributed by atoms with Crippen LogP contribution in [0.1, 0.15) is 23.7 Å². The van der Waals surface area contributed by atoms with Gasteiger partial charge in [0, 0.05) is 38.9 Å². The number of pyridine rings is 1. The van der Waals surface area contributed by atoms with Crippen LogP contribution >= 0.6 is 0 Å². The Morgan fingerprint density at radius 3 is 2.57 bits per heavy atom. The van der Waals surface area contributed by atoms with Gasteiger partial charge in [0.2, 0.25) is 0 Å². The Balaban J connectivity index is 1.35. The van der Waals surface area contributed by atoms with Crippen molar-refractivity contribution in [2.75, 3.05) is 58.5 Å². The maximum absolute atomic E-state index is 6.12. The summed E-state index contributed by atoms with van der Waals surface area (Å²) < 4.78 is 17.1. The summed E-state index contributed by atoms with van der Waals surface area (Å²) in [4.78, 5) is 9.35. The molecule has 0 N–H and O–H groups in total. The third-order valence-electron chi connectivity index (χ3n) is 5.74. The standard InChI is InChI=1S/C22H29N3O3/c1-26-20-15-17-7-14-28-19(18(17)16-21(20)27-2)6-9-24-10-12-25(13-11-24)22-5-3-4-8-23-22/h3-5,8,15-16,19H,6-7,9-14H2,1-2H3. The second-order valence-corrected chi connectivity index (χ2v) is 7.32. The maximum atomic E-state index is 6.12. The van der Waals surface area contributed by atoms with E-state index < -0.39 is 0 Å². The molecule has 1 atom stereocenters. The SMILES string of the molecule is COc1cc2c(cc1OC)C(CCN1CCN(c3ccccn3)CC1)OCC2. The second-order valence-electron chi connectivity index (χ2n) is 7.32. The van der Waals surface area contributed by atoms with E-state index in [4.69, 9.17) is 14.2 Å². The minimum Gasteiger partial charge on any atom is -0.493 e. The average Bonchev–Trinajstić information content (AvgIpc) is 2.77. The number of benzene rings is 1. The van der Waals surface area contributed by atoms with Gasteiger partial charge in [0.1, 0.15) is 5.82 Å². The van der Waals surface area contributed by atoms with Crippen LogP contribution in [0.15, 0.2) is 36.5 Å². The smallest absolute Gasteiger partial charge is 0.161 e. The minimum atomic E-state index is 0.123. The quantitative estimate of drug-likeness (QED) is 0.764. The summed E-state index contributed by atoms with van der Waals surface area (Å²) >= 11 is 0. The van der Waals surface area contributed by atoms with E-state index >= 15 is 0 Å². The molecule has 0 amide bonds. The Hall–Kier alpha value is -2.31. The highest BCUT2D eigenvalue weighted by molar-refractivity contribution is 5.49. The van der Waals surface area contributed by atoms with Gasteiger partial charge < -0.3 is 19.1 Å². The van der Waals surface area contributed by atoms with Crippen LogP contribution in [-0.2, 0) is 11.2 Å². The highest BCUT2D eigenvalue weighted by Crippen LogP contribution is 2.38. The van der Waals surface area contributed by atoms with Crippen molar-refractivity contribution in [2.24, 2.45) is 0 Å². The molecular weight excluding hydrogens is 354 g/mol. The second kappa shape index (κ2) is 8.80. The number of hydrogen-bond acceptors (Lipinski definition) is 6. The number of aromatic nitrogens is 1. The Morgan fingerprint density at radius 1 is 1.07 bits per heavy atom. The zero-order valence-corrected chi connectivity index (χ0v) is 16.8. The van der Waals surface area contributed by atoms with Gasteiger partial charge in [0.25, 0.3) is 0 Å². The molecule has 1 saturated heterocycles. The lowest BCUT2D eigenvalue weighted by Gasteiger charge is -2.36. The molecule has 150 valence electrons. The number of piperazine rings is 1. The van der Waals surface area contributed by atoms with Crippen LogP contribution in [-0.4, -0.2) is 63.4 Å². The van der Waals surface area contributed by atoms with Crippen molar-refractivity contribution in [2.45, 2.75) is 18.9 Å². The lowest BCUT2D eigenvalue weighted by molar-refractivity contribution is 0.0286. The number of nitrogens with zero attached hydrogens (tertiary/aromatic N) is 3. The summed E-state index contributed by atoms with van der Waals surface area (Å²) in [5.74, 6) is 2.65. The van der Waals surface area contributed by atoms with Crippen molar-refractivity contribution in [3.63, 3.8) is 0 Å². The van der Waals surface area contributed by atoms with Crippen molar-refractivity contribution >= 4 is 5.82 Å². The summed E-state index contributed by atoms with van der Waals surface area (Å²) in [5, 5.41) is 0. The molecule has 6 nitrogen and oxygen atoms in total. The molecule has 3 heterocycles. The van der Waals surface area contributed by atoms with Gasteiger partial charge in [-0.05, 0) is 48.2 Å². The van der Waals surface area contributed by atoms with Crippen molar-refractivity contribution in [3.05, 3.63) is 47.7 Å². The van der Waals surface area contributed by atoms with Crippen LogP contribution in [0.2, 0.25) is 0 Å².